The molecule has 0 aliphatic carbocycles. The topological polar surface area (TPSA) is 46.5 Å². The van der Waals surface area contributed by atoms with Crippen molar-refractivity contribution in [1.29, 1.82) is 0 Å². The van der Waals surface area contributed by atoms with Gasteiger partial charge in [-0.2, -0.15) is 0 Å². The van der Waals surface area contributed by atoms with Crippen molar-refractivity contribution in [2.45, 2.75) is 26.2 Å². The number of carboxylic acid groups (broad SMARTS) is 1. The number of rotatable bonds is 6. The van der Waals surface area contributed by atoms with Gasteiger partial charge in [0.15, 0.2) is 6.61 Å². The van der Waals surface area contributed by atoms with Crippen LogP contribution in [0.25, 0.3) is 11.1 Å². The van der Waals surface area contributed by atoms with Crippen molar-refractivity contribution in [3.05, 3.63) is 89.5 Å². The molecule has 0 unspecified atom stereocenters. The Bertz CT molecular complexity index is 923. The molecule has 0 aliphatic rings. The van der Waals surface area contributed by atoms with Crippen LogP contribution in [0.1, 0.15) is 30.5 Å². The van der Waals surface area contributed by atoms with E-state index in [2.05, 4.69) is 69.3 Å². The first-order valence-corrected chi connectivity index (χ1v) is 8.99. The molecule has 27 heavy (non-hydrogen) atoms. The molecule has 0 spiro atoms. The zero-order chi connectivity index (χ0) is 19.4. The lowest BCUT2D eigenvalue weighted by atomic mass is 9.75. The SMILES string of the molecule is Cc1ccc(-c2ccccc2C(C)(C)c2ccc(OCC(=O)O)cc2)cc1. The number of benzene rings is 3. The minimum absolute atomic E-state index is 0.215. The van der Waals surface area contributed by atoms with Crippen LogP contribution in [0.3, 0.4) is 0 Å². The first kappa shape index (κ1) is 18.7. The smallest absolute Gasteiger partial charge is 0.341 e. The lowest BCUT2D eigenvalue weighted by Crippen LogP contribution is -2.20. The van der Waals surface area contributed by atoms with E-state index >= 15 is 0 Å². The highest BCUT2D eigenvalue weighted by Crippen LogP contribution is 2.38. The maximum Gasteiger partial charge on any atom is 0.341 e. The van der Waals surface area contributed by atoms with E-state index in [4.69, 9.17) is 9.84 Å². The molecule has 138 valence electrons. The molecule has 3 aromatic rings. The molecule has 3 aromatic carbocycles. The van der Waals surface area contributed by atoms with Crippen molar-refractivity contribution >= 4 is 5.97 Å². The summed E-state index contributed by atoms with van der Waals surface area (Å²) in [6.45, 7) is 6.16. The molecular weight excluding hydrogens is 336 g/mol. The van der Waals surface area contributed by atoms with Crippen LogP contribution in [-0.4, -0.2) is 17.7 Å². The lowest BCUT2D eigenvalue weighted by Gasteiger charge is -2.29. The normalized spacial score (nSPS) is 11.2. The van der Waals surface area contributed by atoms with Crippen LogP contribution < -0.4 is 4.74 Å². The fraction of sp³-hybridized carbons (Fsp3) is 0.208. The van der Waals surface area contributed by atoms with E-state index in [1.54, 1.807) is 0 Å². The molecule has 0 fully saturated rings. The van der Waals surface area contributed by atoms with Gasteiger partial charge in [0.1, 0.15) is 5.75 Å². The Balaban J connectivity index is 1.95. The summed E-state index contributed by atoms with van der Waals surface area (Å²) < 4.78 is 5.25. The molecular formula is C24H24O3. The largest absolute Gasteiger partial charge is 0.482 e. The average Bonchev–Trinajstić information content (AvgIpc) is 2.67. The molecule has 3 rings (SSSR count). The molecule has 0 aromatic heterocycles. The van der Waals surface area contributed by atoms with Crippen LogP contribution in [0.5, 0.6) is 5.75 Å². The Kier molecular flexibility index (Phi) is 5.31. The Labute approximate surface area is 160 Å². The number of carbonyl (C=O) groups is 1. The summed E-state index contributed by atoms with van der Waals surface area (Å²) >= 11 is 0. The summed E-state index contributed by atoms with van der Waals surface area (Å²) in [5, 5.41) is 8.74. The highest BCUT2D eigenvalue weighted by molar-refractivity contribution is 5.70. The van der Waals surface area contributed by atoms with Gasteiger partial charge in [-0.3, -0.25) is 0 Å². The summed E-state index contributed by atoms with van der Waals surface area (Å²) in [4.78, 5) is 10.7. The Morgan fingerprint density at radius 1 is 0.926 bits per heavy atom. The van der Waals surface area contributed by atoms with Crippen molar-refractivity contribution < 1.29 is 14.6 Å². The molecule has 0 saturated heterocycles. The molecule has 0 amide bonds. The first-order valence-electron chi connectivity index (χ1n) is 8.99. The molecule has 0 bridgehead atoms. The van der Waals surface area contributed by atoms with Crippen molar-refractivity contribution in [3.8, 4) is 16.9 Å². The van der Waals surface area contributed by atoms with Gasteiger partial charge in [0, 0.05) is 5.41 Å². The van der Waals surface area contributed by atoms with Crippen molar-refractivity contribution in [3.63, 3.8) is 0 Å². The van der Waals surface area contributed by atoms with Crippen LogP contribution in [-0.2, 0) is 10.2 Å². The molecule has 0 heterocycles. The molecule has 3 nitrogen and oxygen atoms in total. The predicted octanol–water partition coefficient (Wildman–Crippen LogP) is 5.45. The Hall–Kier alpha value is -3.07. The molecule has 0 saturated carbocycles. The Morgan fingerprint density at radius 3 is 2.19 bits per heavy atom. The first-order chi connectivity index (χ1) is 12.9. The van der Waals surface area contributed by atoms with Gasteiger partial charge in [0.05, 0.1) is 0 Å². The van der Waals surface area contributed by atoms with Crippen LogP contribution in [0.2, 0.25) is 0 Å². The third-order valence-corrected chi connectivity index (χ3v) is 4.90. The molecule has 0 aliphatic heterocycles. The van der Waals surface area contributed by atoms with Crippen LogP contribution in [0, 0.1) is 6.92 Å². The average molecular weight is 360 g/mol. The maximum atomic E-state index is 10.7. The van der Waals surface area contributed by atoms with E-state index < -0.39 is 5.97 Å². The van der Waals surface area contributed by atoms with Gasteiger partial charge in [0.25, 0.3) is 0 Å². The summed E-state index contributed by atoms with van der Waals surface area (Å²) in [6, 6.07) is 24.7. The molecule has 3 heteroatoms. The second-order valence-electron chi connectivity index (χ2n) is 7.24. The van der Waals surface area contributed by atoms with Crippen molar-refractivity contribution in [2.24, 2.45) is 0 Å². The van der Waals surface area contributed by atoms with E-state index in [-0.39, 0.29) is 12.0 Å². The quantitative estimate of drug-likeness (QED) is 0.636. The summed E-state index contributed by atoms with van der Waals surface area (Å²) in [5.74, 6) is -0.421. The van der Waals surface area contributed by atoms with E-state index in [0.29, 0.717) is 5.75 Å². The van der Waals surface area contributed by atoms with Gasteiger partial charge in [0.2, 0.25) is 0 Å². The Morgan fingerprint density at radius 2 is 1.56 bits per heavy atom. The zero-order valence-electron chi connectivity index (χ0n) is 15.9. The lowest BCUT2D eigenvalue weighted by molar-refractivity contribution is -0.139. The zero-order valence-corrected chi connectivity index (χ0v) is 15.9. The monoisotopic (exact) mass is 360 g/mol. The summed E-state index contributed by atoms with van der Waals surface area (Å²) in [7, 11) is 0. The van der Waals surface area contributed by atoms with E-state index in [9.17, 15) is 4.79 Å². The van der Waals surface area contributed by atoms with Gasteiger partial charge in [-0.1, -0.05) is 80.1 Å². The number of hydrogen-bond donors (Lipinski definition) is 1. The van der Waals surface area contributed by atoms with E-state index in [0.717, 1.165) is 5.56 Å². The van der Waals surface area contributed by atoms with Gasteiger partial charge in [-0.15, -0.1) is 0 Å². The fourth-order valence-corrected chi connectivity index (χ4v) is 3.28. The number of ether oxygens (including phenoxy) is 1. The highest BCUT2D eigenvalue weighted by atomic mass is 16.5. The van der Waals surface area contributed by atoms with Gasteiger partial charge >= 0.3 is 5.97 Å². The minimum Gasteiger partial charge on any atom is -0.482 e. The molecule has 0 radical (unpaired) electrons. The minimum atomic E-state index is -0.980. The van der Waals surface area contributed by atoms with Crippen LogP contribution in [0.4, 0.5) is 0 Å². The second-order valence-corrected chi connectivity index (χ2v) is 7.24. The highest BCUT2D eigenvalue weighted by Gasteiger charge is 2.26. The molecule has 0 atom stereocenters. The van der Waals surface area contributed by atoms with Gasteiger partial charge in [-0.25, -0.2) is 4.79 Å². The third-order valence-electron chi connectivity index (χ3n) is 4.90. The predicted molar refractivity (Wildman–Crippen MR) is 108 cm³/mol. The maximum absolute atomic E-state index is 10.7. The summed E-state index contributed by atoms with van der Waals surface area (Å²) in [6.07, 6.45) is 0. The van der Waals surface area contributed by atoms with Crippen molar-refractivity contribution in [1.82, 2.24) is 0 Å². The third kappa shape index (κ3) is 4.20. The molecule has 1 N–H and O–H groups in total. The van der Waals surface area contributed by atoms with E-state index in [1.807, 2.05) is 24.3 Å². The van der Waals surface area contributed by atoms with Gasteiger partial charge in [-0.05, 0) is 41.3 Å². The number of hydrogen-bond acceptors (Lipinski definition) is 2. The number of aliphatic carboxylic acids is 1. The fourth-order valence-electron chi connectivity index (χ4n) is 3.28. The van der Waals surface area contributed by atoms with Gasteiger partial charge < -0.3 is 9.84 Å². The van der Waals surface area contributed by atoms with Crippen LogP contribution >= 0.6 is 0 Å². The van der Waals surface area contributed by atoms with Crippen molar-refractivity contribution in [2.75, 3.05) is 6.61 Å². The van der Waals surface area contributed by atoms with Crippen LogP contribution in [0.15, 0.2) is 72.8 Å². The summed E-state index contributed by atoms with van der Waals surface area (Å²) in [5.41, 5.74) is 5.83. The number of carboxylic acids is 1. The second kappa shape index (κ2) is 7.67. The van der Waals surface area contributed by atoms with E-state index in [1.165, 1.54) is 22.3 Å². The number of aryl methyl sites for hydroxylation is 1. The standard InChI is InChI=1S/C24H24O3/c1-17-8-10-18(11-9-17)21-6-4-5-7-22(21)24(2,3)19-12-14-20(15-13-19)27-16-23(25)26/h4-15H,16H2,1-3H3,(H,25,26).